The summed E-state index contributed by atoms with van der Waals surface area (Å²) < 4.78 is 52.5. The monoisotopic (exact) mass is 764 g/mol. The van der Waals surface area contributed by atoms with Crippen LogP contribution in [0.25, 0.3) is 28.0 Å². The molecule has 8 rings (SSSR count). The molecular weight excluding hydrogens is 725 g/mol. The summed E-state index contributed by atoms with van der Waals surface area (Å²) in [4.78, 5) is 45.7. The van der Waals surface area contributed by atoms with Crippen LogP contribution in [0.2, 0.25) is 0 Å². The molecular formula is C41H39F3N8O4. The molecule has 4 aromatic heterocycles. The maximum Gasteiger partial charge on any atom is 0.434 e. The second-order valence-electron chi connectivity index (χ2n) is 15.0. The molecule has 2 aliphatic carbocycles. The van der Waals surface area contributed by atoms with Crippen LogP contribution in [0.3, 0.4) is 0 Å². The van der Waals surface area contributed by atoms with E-state index in [-0.39, 0.29) is 41.4 Å². The number of carboxylic acids is 1. The van der Waals surface area contributed by atoms with Crippen molar-refractivity contribution in [1.29, 1.82) is 5.26 Å². The second kappa shape index (κ2) is 14.6. The van der Waals surface area contributed by atoms with Crippen molar-refractivity contribution in [3.05, 3.63) is 90.1 Å². The van der Waals surface area contributed by atoms with Gasteiger partial charge >= 0.3 is 12.1 Å². The van der Waals surface area contributed by atoms with Gasteiger partial charge in [0.05, 0.1) is 22.3 Å². The van der Waals surface area contributed by atoms with E-state index in [9.17, 15) is 33.1 Å². The van der Waals surface area contributed by atoms with E-state index in [2.05, 4.69) is 36.2 Å². The number of ether oxygens (including phenoxy) is 1. The van der Waals surface area contributed by atoms with Gasteiger partial charge in [-0.3, -0.25) is 9.36 Å². The van der Waals surface area contributed by atoms with Crippen molar-refractivity contribution in [3.63, 3.8) is 0 Å². The van der Waals surface area contributed by atoms with E-state index in [0.29, 0.717) is 72.9 Å². The van der Waals surface area contributed by atoms with Gasteiger partial charge in [-0.25, -0.2) is 24.7 Å². The highest BCUT2D eigenvalue weighted by atomic mass is 19.4. The number of benzene rings is 1. The number of carbonyl (C=O) groups excluding carboxylic acids is 1. The van der Waals surface area contributed by atoms with Crippen LogP contribution in [-0.2, 0) is 11.0 Å². The standard InChI is InChI=1S/C41H39F3N8O4/c1-2-24-17-25-19-27(18-24)40(21-25,38(54)55)50-37(53)31-8-9-33(49-35(31)41(42,43)44)32-23-52(36-26(22-45)5-3-12-46-36)34-20-29(6-7-30(32)34)56-28-10-15-51(16-11-28)39-47-13-4-14-48-39/h3-9,12-14,20,23-25,27-28H,2,10-11,15-19,21H2,1H3,(H,50,53)(H,54,55). The largest absolute Gasteiger partial charge is 0.490 e. The van der Waals surface area contributed by atoms with Crippen molar-refractivity contribution in [2.45, 2.75) is 69.7 Å². The molecule has 1 aliphatic heterocycles. The molecule has 1 amide bonds. The van der Waals surface area contributed by atoms with E-state index in [1.807, 2.05) is 6.92 Å². The number of piperidine rings is 1. The first-order chi connectivity index (χ1) is 27.0. The summed E-state index contributed by atoms with van der Waals surface area (Å²) >= 11 is 0. The number of aromatic nitrogens is 5. The molecule has 2 saturated carbocycles. The molecule has 288 valence electrons. The predicted molar refractivity (Wildman–Crippen MR) is 199 cm³/mol. The van der Waals surface area contributed by atoms with E-state index in [1.54, 1.807) is 59.6 Å². The number of aliphatic carboxylic acids is 1. The molecule has 1 saturated heterocycles. The number of pyridine rings is 2. The Morgan fingerprint density at radius 2 is 1.80 bits per heavy atom. The third kappa shape index (κ3) is 6.77. The molecule has 4 atom stereocenters. The fourth-order valence-electron chi connectivity index (χ4n) is 8.99. The molecule has 2 bridgehead atoms. The molecule has 3 fully saturated rings. The Balaban J connectivity index is 1.14. The molecule has 2 N–H and O–H groups in total. The Bertz CT molecular complexity index is 2340. The summed E-state index contributed by atoms with van der Waals surface area (Å²) in [5.41, 5.74) is -2.86. The quantitative estimate of drug-likeness (QED) is 0.157. The molecule has 3 aliphatic rings. The number of hydrogen-bond donors (Lipinski definition) is 2. The van der Waals surface area contributed by atoms with Crippen LogP contribution < -0.4 is 15.0 Å². The number of nitriles is 1. The number of fused-ring (bicyclic) bond motifs is 3. The van der Waals surface area contributed by atoms with Crippen molar-refractivity contribution in [2.24, 2.45) is 17.8 Å². The zero-order valence-electron chi connectivity index (χ0n) is 30.5. The minimum Gasteiger partial charge on any atom is -0.490 e. The van der Waals surface area contributed by atoms with Crippen molar-refractivity contribution < 1.29 is 32.6 Å². The Labute approximate surface area is 320 Å². The topological polar surface area (TPSA) is 159 Å². The number of nitrogens with zero attached hydrogens (tertiary/aromatic N) is 7. The van der Waals surface area contributed by atoms with E-state index >= 15 is 0 Å². The number of rotatable bonds is 9. The average Bonchev–Trinajstić information content (AvgIpc) is 3.71. The molecule has 4 unspecified atom stereocenters. The number of halogens is 3. The fourth-order valence-corrected chi connectivity index (χ4v) is 8.99. The minimum atomic E-state index is -5.05. The van der Waals surface area contributed by atoms with Crippen LogP contribution in [0.5, 0.6) is 5.75 Å². The second-order valence-corrected chi connectivity index (χ2v) is 15.0. The molecule has 0 radical (unpaired) electrons. The number of carboxylic acid groups (broad SMARTS) is 1. The highest BCUT2D eigenvalue weighted by molar-refractivity contribution is 6.01. The van der Waals surface area contributed by atoms with Gasteiger partial charge in [-0.2, -0.15) is 18.4 Å². The van der Waals surface area contributed by atoms with Gasteiger partial charge in [-0.15, -0.1) is 0 Å². The van der Waals surface area contributed by atoms with Crippen LogP contribution in [0, 0.1) is 29.1 Å². The Morgan fingerprint density at radius 1 is 1.04 bits per heavy atom. The molecule has 5 aromatic rings. The lowest BCUT2D eigenvalue weighted by Gasteiger charge is -2.34. The van der Waals surface area contributed by atoms with Crippen molar-refractivity contribution in [1.82, 2.24) is 29.8 Å². The molecule has 56 heavy (non-hydrogen) atoms. The Morgan fingerprint density at radius 3 is 2.52 bits per heavy atom. The van der Waals surface area contributed by atoms with Crippen LogP contribution >= 0.6 is 0 Å². The summed E-state index contributed by atoms with van der Waals surface area (Å²) in [7, 11) is 0. The number of hydrogen-bond acceptors (Lipinski definition) is 9. The number of alkyl halides is 3. The van der Waals surface area contributed by atoms with E-state index in [4.69, 9.17) is 4.74 Å². The zero-order valence-corrected chi connectivity index (χ0v) is 30.5. The smallest absolute Gasteiger partial charge is 0.434 e. The normalized spacial score (nSPS) is 22.5. The molecule has 0 spiro atoms. The van der Waals surface area contributed by atoms with Gasteiger partial charge < -0.3 is 20.1 Å². The first-order valence-electron chi connectivity index (χ1n) is 18.8. The maximum absolute atomic E-state index is 14.8. The Kier molecular flexibility index (Phi) is 9.59. The lowest BCUT2D eigenvalue weighted by atomic mass is 9.76. The van der Waals surface area contributed by atoms with Gasteiger partial charge in [-0.1, -0.05) is 13.3 Å². The zero-order chi connectivity index (χ0) is 39.2. The van der Waals surface area contributed by atoms with Crippen LogP contribution in [0.15, 0.2) is 73.3 Å². The van der Waals surface area contributed by atoms with E-state index in [1.165, 1.54) is 12.3 Å². The molecule has 1 aromatic carbocycles. The SMILES string of the molecule is CCC1CC2CC(C1)C(NC(=O)c1ccc(-c3cn(-c4ncccc4C#N)c4cc(OC5CCN(c6ncccn6)CC5)ccc34)nc1C(F)(F)F)(C(=O)O)C2. The van der Waals surface area contributed by atoms with Gasteiger partial charge in [0.25, 0.3) is 5.91 Å². The molecule has 15 heteroatoms. The number of anilines is 1. The van der Waals surface area contributed by atoms with Gasteiger partial charge in [0.1, 0.15) is 23.5 Å². The predicted octanol–water partition coefficient (Wildman–Crippen LogP) is 7.22. The lowest BCUT2D eigenvalue weighted by molar-refractivity contribution is -0.146. The fraction of sp³-hybridized carbons (Fsp3) is 0.390. The van der Waals surface area contributed by atoms with Crippen molar-refractivity contribution >= 4 is 28.7 Å². The van der Waals surface area contributed by atoms with E-state index in [0.717, 1.165) is 18.9 Å². The molecule has 12 nitrogen and oxygen atoms in total. The summed E-state index contributed by atoms with van der Waals surface area (Å²) in [5.74, 6) is -0.921. The number of amides is 1. The highest BCUT2D eigenvalue weighted by Gasteiger charge is 2.57. The first kappa shape index (κ1) is 36.9. The van der Waals surface area contributed by atoms with E-state index < -0.39 is 34.8 Å². The lowest BCUT2D eigenvalue weighted by Crippen LogP contribution is -2.57. The summed E-state index contributed by atoms with van der Waals surface area (Å²) in [6, 6.07) is 14.7. The van der Waals surface area contributed by atoms with Gasteiger partial charge in [-0.05, 0) is 85.9 Å². The third-order valence-electron chi connectivity index (χ3n) is 11.7. The minimum absolute atomic E-state index is 0.0735. The molecule has 5 heterocycles. The van der Waals surface area contributed by atoms with Crippen LogP contribution in [-0.4, -0.2) is 66.2 Å². The van der Waals surface area contributed by atoms with Crippen LogP contribution in [0.1, 0.15) is 73.5 Å². The maximum atomic E-state index is 14.8. The summed E-state index contributed by atoms with van der Waals surface area (Å²) in [5, 5.41) is 23.4. The van der Waals surface area contributed by atoms with Gasteiger partial charge in [0.2, 0.25) is 5.95 Å². The summed E-state index contributed by atoms with van der Waals surface area (Å²) in [6.45, 7) is 3.42. The van der Waals surface area contributed by atoms with Crippen LogP contribution in [0.4, 0.5) is 19.1 Å². The van der Waals surface area contributed by atoms with Crippen molar-refractivity contribution in [2.75, 3.05) is 18.0 Å². The summed E-state index contributed by atoms with van der Waals surface area (Å²) in [6.07, 6.45) is 5.81. The third-order valence-corrected chi connectivity index (χ3v) is 11.7. The van der Waals surface area contributed by atoms with Crippen molar-refractivity contribution in [3.8, 4) is 28.9 Å². The van der Waals surface area contributed by atoms with Gasteiger partial charge in [0, 0.05) is 67.7 Å². The first-order valence-corrected chi connectivity index (χ1v) is 18.8. The average molecular weight is 765 g/mol. The van der Waals surface area contributed by atoms with Gasteiger partial charge in [0.15, 0.2) is 11.5 Å². The number of nitrogens with one attached hydrogen (secondary N) is 1. The number of carbonyl (C=O) groups is 2. The Hall–Kier alpha value is -6.04. The highest BCUT2D eigenvalue weighted by Crippen LogP contribution is 2.51.